The number of aromatic amines is 1. The van der Waals surface area contributed by atoms with Gasteiger partial charge in [-0.15, -0.1) is 0 Å². The molecule has 4 rings (SSSR count). The van der Waals surface area contributed by atoms with Crippen LogP contribution in [0, 0.1) is 13.8 Å². The van der Waals surface area contributed by atoms with Crippen LogP contribution in [0.1, 0.15) is 44.9 Å². The molecule has 0 fully saturated rings. The summed E-state index contributed by atoms with van der Waals surface area (Å²) >= 11 is 6.10. The van der Waals surface area contributed by atoms with Crippen LogP contribution in [-0.4, -0.2) is 27.9 Å². The number of aliphatic carboxylic acids is 1. The van der Waals surface area contributed by atoms with Crippen molar-refractivity contribution in [3.8, 4) is 0 Å². The third-order valence-electron chi connectivity index (χ3n) is 5.76. The van der Waals surface area contributed by atoms with Crippen LogP contribution >= 0.6 is 11.6 Å². The largest absolute Gasteiger partial charge is 0.481 e. The molecule has 8 nitrogen and oxygen atoms in total. The first-order valence-electron chi connectivity index (χ1n) is 10.6. The zero-order valence-electron chi connectivity index (χ0n) is 18.6. The van der Waals surface area contributed by atoms with E-state index in [1.807, 2.05) is 13.8 Å². The van der Waals surface area contributed by atoms with Gasteiger partial charge in [-0.2, -0.15) is 0 Å². The normalized spacial score (nSPS) is 13.5. The van der Waals surface area contributed by atoms with Crippen molar-refractivity contribution in [1.82, 2.24) is 10.4 Å². The summed E-state index contributed by atoms with van der Waals surface area (Å²) in [6, 6.07) is 12.0. The fourth-order valence-corrected chi connectivity index (χ4v) is 4.13. The molecule has 3 aromatic rings. The first kappa shape index (κ1) is 23.1. The number of aryl methyl sites for hydroxylation is 1. The maximum absolute atomic E-state index is 12.7. The molecule has 0 spiro atoms. The van der Waals surface area contributed by atoms with Gasteiger partial charge in [0.1, 0.15) is 0 Å². The number of para-hydroxylation sites is 1. The van der Waals surface area contributed by atoms with Crippen molar-refractivity contribution < 1.29 is 19.5 Å². The van der Waals surface area contributed by atoms with Crippen LogP contribution in [0.5, 0.6) is 0 Å². The number of H-pyrrole nitrogens is 1. The van der Waals surface area contributed by atoms with Crippen LogP contribution in [0.4, 0.5) is 11.4 Å². The van der Waals surface area contributed by atoms with Gasteiger partial charge >= 0.3 is 5.97 Å². The molecule has 0 aliphatic carbocycles. The predicted octanol–water partition coefficient (Wildman–Crippen LogP) is 4.55. The fraction of sp³-hybridized carbons (Fsp3) is 0.160. The maximum atomic E-state index is 12.7. The number of hydrogen-bond acceptors (Lipinski definition) is 4. The van der Waals surface area contributed by atoms with Gasteiger partial charge < -0.3 is 15.4 Å². The van der Waals surface area contributed by atoms with Crippen molar-refractivity contribution >= 4 is 52.4 Å². The summed E-state index contributed by atoms with van der Waals surface area (Å²) in [6.07, 6.45) is 2.16. The zero-order valence-corrected chi connectivity index (χ0v) is 19.3. The quantitative estimate of drug-likeness (QED) is 0.252. The lowest BCUT2D eigenvalue weighted by molar-refractivity contribution is -0.137. The molecule has 174 valence electrons. The van der Waals surface area contributed by atoms with Crippen LogP contribution in [0.25, 0.3) is 11.6 Å². The van der Waals surface area contributed by atoms with E-state index < -0.39 is 5.97 Å². The highest BCUT2D eigenvalue weighted by Crippen LogP contribution is 2.35. The number of halogens is 1. The SMILES string of the molecule is Cc1[nH]c(/C=C2\C(=O)Nc3ccc(C(=O)NNc4ccccc4Cl)cc32)c(C)c1CCC(=O)O. The number of carboxylic acid groups (broad SMARTS) is 1. The Labute approximate surface area is 201 Å². The van der Waals surface area contributed by atoms with Gasteiger partial charge in [-0.3, -0.25) is 25.2 Å². The fourth-order valence-electron chi connectivity index (χ4n) is 3.94. The van der Waals surface area contributed by atoms with Crippen molar-refractivity contribution in [2.24, 2.45) is 0 Å². The van der Waals surface area contributed by atoms with Crippen LogP contribution in [0.3, 0.4) is 0 Å². The number of fused-ring (bicyclic) bond motifs is 1. The Balaban J connectivity index is 1.59. The van der Waals surface area contributed by atoms with Gasteiger partial charge in [0.15, 0.2) is 0 Å². The van der Waals surface area contributed by atoms with Gasteiger partial charge in [0, 0.05) is 34.6 Å². The smallest absolute Gasteiger partial charge is 0.303 e. The summed E-state index contributed by atoms with van der Waals surface area (Å²) in [4.78, 5) is 39.6. The molecule has 1 aromatic heterocycles. The summed E-state index contributed by atoms with van der Waals surface area (Å²) in [7, 11) is 0. The third kappa shape index (κ3) is 4.67. The molecular weight excluding hydrogens is 456 g/mol. The number of rotatable bonds is 7. The Morgan fingerprint density at radius 1 is 1.15 bits per heavy atom. The minimum absolute atomic E-state index is 0.0273. The summed E-state index contributed by atoms with van der Waals surface area (Å²) in [5, 5.41) is 12.3. The van der Waals surface area contributed by atoms with Gasteiger partial charge in [0.2, 0.25) is 0 Å². The molecule has 2 aromatic carbocycles. The first-order chi connectivity index (χ1) is 16.2. The van der Waals surface area contributed by atoms with E-state index in [9.17, 15) is 14.4 Å². The van der Waals surface area contributed by atoms with Crippen molar-refractivity contribution in [2.45, 2.75) is 26.7 Å². The molecule has 0 saturated carbocycles. The van der Waals surface area contributed by atoms with Gasteiger partial charge in [-0.1, -0.05) is 23.7 Å². The molecule has 0 saturated heterocycles. The second-order valence-corrected chi connectivity index (χ2v) is 8.40. The van der Waals surface area contributed by atoms with E-state index in [1.165, 1.54) is 0 Å². The number of anilines is 2. The summed E-state index contributed by atoms with van der Waals surface area (Å²) in [6.45, 7) is 3.77. The van der Waals surface area contributed by atoms with Crippen LogP contribution in [-0.2, 0) is 16.0 Å². The highest BCUT2D eigenvalue weighted by atomic mass is 35.5. The summed E-state index contributed by atoms with van der Waals surface area (Å²) < 4.78 is 0. The second kappa shape index (κ2) is 9.44. The molecule has 5 N–H and O–H groups in total. The number of hydrogen-bond donors (Lipinski definition) is 5. The van der Waals surface area contributed by atoms with Crippen molar-refractivity contribution in [2.75, 3.05) is 10.7 Å². The average molecular weight is 479 g/mol. The van der Waals surface area contributed by atoms with Crippen molar-refractivity contribution in [1.29, 1.82) is 0 Å². The van der Waals surface area contributed by atoms with E-state index in [-0.39, 0.29) is 18.2 Å². The number of benzene rings is 2. The zero-order chi connectivity index (χ0) is 24.4. The van der Waals surface area contributed by atoms with Crippen LogP contribution in [0.2, 0.25) is 5.02 Å². The maximum Gasteiger partial charge on any atom is 0.303 e. The Kier molecular flexibility index (Phi) is 6.43. The Morgan fingerprint density at radius 3 is 2.65 bits per heavy atom. The molecule has 34 heavy (non-hydrogen) atoms. The minimum Gasteiger partial charge on any atom is -0.481 e. The Hall–Kier alpha value is -4.04. The lowest BCUT2D eigenvalue weighted by Crippen LogP contribution is -2.29. The highest BCUT2D eigenvalue weighted by Gasteiger charge is 2.26. The number of nitrogens with one attached hydrogen (secondary N) is 4. The average Bonchev–Trinajstić information content (AvgIpc) is 3.25. The lowest BCUT2D eigenvalue weighted by atomic mass is 10.0. The number of carbonyl (C=O) groups excluding carboxylic acids is 2. The van der Waals surface area contributed by atoms with Gasteiger partial charge in [-0.05, 0) is 67.8 Å². The molecule has 2 heterocycles. The standard InChI is InChI=1S/C25H23ClN4O4/c1-13-16(8-10-23(31)32)14(2)27-22(13)12-18-17-11-15(7-9-20(17)28-25(18)34)24(33)30-29-21-6-4-3-5-19(21)26/h3-7,9,11-12,27,29H,8,10H2,1-2H3,(H,28,34)(H,30,33)(H,31,32)/b18-12-. The number of hydrazine groups is 1. The molecule has 0 atom stereocenters. The Bertz CT molecular complexity index is 1340. The van der Waals surface area contributed by atoms with Gasteiger partial charge in [0.25, 0.3) is 11.8 Å². The number of amides is 2. The molecule has 9 heteroatoms. The van der Waals surface area contributed by atoms with E-state index in [4.69, 9.17) is 16.7 Å². The van der Waals surface area contributed by atoms with E-state index in [1.54, 1.807) is 48.5 Å². The molecule has 1 aliphatic rings. The third-order valence-corrected chi connectivity index (χ3v) is 6.09. The molecule has 1 aliphatic heterocycles. The topological polar surface area (TPSA) is 123 Å². The molecule has 2 amide bonds. The van der Waals surface area contributed by atoms with E-state index in [2.05, 4.69) is 21.2 Å². The van der Waals surface area contributed by atoms with E-state index in [0.717, 1.165) is 22.5 Å². The predicted molar refractivity (Wildman–Crippen MR) is 132 cm³/mol. The monoisotopic (exact) mass is 478 g/mol. The second-order valence-electron chi connectivity index (χ2n) is 7.99. The molecule has 0 radical (unpaired) electrons. The number of carboxylic acids is 1. The highest BCUT2D eigenvalue weighted by molar-refractivity contribution is 6.35. The Morgan fingerprint density at radius 2 is 1.91 bits per heavy atom. The molecule has 0 unspecified atom stereocenters. The van der Waals surface area contributed by atoms with E-state index >= 15 is 0 Å². The number of aromatic nitrogens is 1. The van der Waals surface area contributed by atoms with Gasteiger partial charge in [-0.25, -0.2) is 0 Å². The first-order valence-corrected chi connectivity index (χ1v) is 11.0. The van der Waals surface area contributed by atoms with Crippen molar-refractivity contribution in [3.05, 3.63) is 81.1 Å². The molecular formula is C25H23ClN4O4. The minimum atomic E-state index is -0.862. The number of carbonyl (C=O) groups is 3. The molecule has 0 bridgehead atoms. The van der Waals surface area contributed by atoms with Crippen molar-refractivity contribution in [3.63, 3.8) is 0 Å². The van der Waals surface area contributed by atoms with Crippen LogP contribution < -0.4 is 16.2 Å². The lowest BCUT2D eigenvalue weighted by Gasteiger charge is -2.10. The van der Waals surface area contributed by atoms with E-state index in [0.29, 0.717) is 39.5 Å². The summed E-state index contributed by atoms with van der Waals surface area (Å²) in [5.41, 5.74) is 11.4. The van der Waals surface area contributed by atoms with Crippen LogP contribution in [0.15, 0.2) is 42.5 Å². The summed E-state index contributed by atoms with van der Waals surface area (Å²) in [5.74, 6) is -1.52. The van der Waals surface area contributed by atoms with Gasteiger partial charge in [0.05, 0.1) is 16.3 Å².